The van der Waals surface area contributed by atoms with Gasteiger partial charge in [0.2, 0.25) is 0 Å². The molecule has 2 aromatic carbocycles. The monoisotopic (exact) mass is 403 g/mol. The molecule has 0 aliphatic rings. The molecular formula is C22H21N5O3. The fourth-order valence-electron chi connectivity index (χ4n) is 2.88. The van der Waals surface area contributed by atoms with Crippen molar-refractivity contribution in [3.63, 3.8) is 0 Å². The number of benzene rings is 2. The fourth-order valence-corrected chi connectivity index (χ4v) is 2.88. The van der Waals surface area contributed by atoms with Crippen LogP contribution in [-0.4, -0.2) is 32.6 Å². The number of hydrogen-bond acceptors (Lipinski definition) is 5. The van der Waals surface area contributed by atoms with Gasteiger partial charge in [-0.2, -0.15) is 10.2 Å². The fraction of sp³-hybridized carbons (Fsp3) is 0.136. The van der Waals surface area contributed by atoms with Gasteiger partial charge in [0.1, 0.15) is 11.5 Å². The van der Waals surface area contributed by atoms with Gasteiger partial charge in [0, 0.05) is 12.4 Å². The molecule has 0 unspecified atom stereocenters. The Hall–Kier alpha value is -4.07. The minimum atomic E-state index is -0.311. The lowest BCUT2D eigenvalue weighted by Crippen LogP contribution is -2.14. The van der Waals surface area contributed by atoms with Gasteiger partial charge in [-0.3, -0.25) is 9.48 Å². The van der Waals surface area contributed by atoms with E-state index in [1.54, 1.807) is 41.1 Å². The highest BCUT2D eigenvalue weighted by atomic mass is 16.5. The molecule has 0 aliphatic carbocycles. The molecule has 2 aromatic heterocycles. The Morgan fingerprint density at radius 2 is 1.87 bits per heavy atom. The van der Waals surface area contributed by atoms with E-state index in [2.05, 4.69) is 15.5 Å². The van der Waals surface area contributed by atoms with Gasteiger partial charge in [-0.15, -0.1) is 0 Å². The van der Waals surface area contributed by atoms with E-state index in [9.17, 15) is 4.79 Å². The first-order chi connectivity index (χ1) is 14.7. The molecule has 0 atom stereocenters. The summed E-state index contributed by atoms with van der Waals surface area (Å²) in [7, 11) is 1.63. The van der Waals surface area contributed by atoms with Crippen molar-refractivity contribution in [2.45, 2.75) is 13.3 Å². The molecule has 1 amide bonds. The average Bonchev–Trinajstić information content (AvgIpc) is 3.43. The molecule has 4 rings (SSSR count). The van der Waals surface area contributed by atoms with Crippen LogP contribution in [0.2, 0.25) is 0 Å². The number of carbonyl (C=O) groups excluding carboxylic acids is 1. The Bertz CT molecular complexity index is 1120. The lowest BCUT2D eigenvalue weighted by atomic mass is 10.2. The smallest absolute Gasteiger partial charge is 0.276 e. The first kappa shape index (κ1) is 19.3. The number of methoxy groups -OCH3 is 1. The van der Waals surface area contributed by atoms with Crippen molar-refractivity contribution in [1.29, 1.82) is 0 Å². The number of para-hydroxylation sites is 1. The number of amides is 1. The molecule has 0 bridgehead atoms. The van der Waals surface area contributed by atoms with Gasteiger partial charge in [-0.05, 0) is 35.9 Å². The molecule has 8 nitrogen and oxygen atoms in total. The van der Waals surface area contributed by atoms with E-state index in [-0.39, 0.29) is 12.6 Å². The largest absolute Gasteiger partial charge is 0.497 e. The SMILES string of the molecule is COc1cccc(Cn2cc(NC(=O)c3ccn(COc4ccccc4)n3)cn2)c1. The third-order valence-corrected chi connectivity index (χ3v) is 4.35. The van der Waals surface area contributed by atoms with Gasteiger partial charge in [0.05, 0.1) is 25.5 Å². The van der Waals surface area contributed by atoms with Crippen LogP contribution in [-0.2, 0) is 13.3 Å². The number of nitrogens with zero attached hydrogens (tertiary/aromatic N) is 4. The molecule has 4 aromatic rings. The molecule has 152 valence electrons. The van der Waals surface area contributed by atoms with Crippen LogP contribution < -0.4 is 14.8 Å². The maximum atomic E-state index is 12.5. The van der Waals surface area contributed by atoms with Crippen molar-refractivity contribution in [1.82, 2.24) is 19.6 Å². The van der Waals surface area contributed by atoms with E-state index in [4.69, 9.17) is 9.47 Å². The van der Waals surface area contributed by atoms with Crippen molar-refractivity contribution >= 4 is 11.6 Å². The quantitative estimate of drug-likeness (QED) is 0.487. The molecule has 0 aliphatic heterocycles. The molecule has 8 heteroatoms. The van der Waals surface area contributed by atoms with E-state index in [1.807, 2.05) is 54.6 Å². The normalized spacial score (nSPS) is 10.6. The number of ether oxygens (including phenoxy) is 2. The Morgan fingerprint density at radius 1 is 1.03 bits per heavy atom. The predicted octanol–water partition coefficient (Wildman–Crippen LogP) is 3.43. The van der Waals surface area contributed by atoms with Gasteiger partial charge in [-0.1, -0.05) is 30.3 Å². The molecular weight excluding hydrogens is 382 g/mol. The van der Waals surface area contributed by atoms with Crippen LogP contribution in [0.1, 0.15) is 16.1 Å². The summed E-state index contributed by atoms with van der Waals surface area (Å²) in [5.74, 6) is 1.22. The van der Waals surface area contributed by atoms with Gasteiger partial charge >= 0.3 is 0 Å². The van der Waals surface area contributed by atoms with Crippen molar-refractivity contribution in [2.75, 3.05) is 12.4 Å². The summed E-state index contributed by atoms with van der Waals surface area (Å²) in [6.45, 7) is 0.786. The standard InChI is InChI=1S/C22H21N5O3/c1-29-20-9-5-6-17(12-20)14-27-15-18(13-23-27)24-22(28)21-10-11-26(25-21)16-30-19-7-3-2-4-8-19/h2-13,15H,14,16H2,1H3,(H,24,28). The second kappa shape index (κ2) is 8.95. The maximum absolute atomic E-state index is 12.5. The third kappa shape index (κ3) is 4.85. The summed E-state index contributed by atoms with van der Waals surface area (Å²) in [6.07, 6.45) is 5.07. The van der Waals surface area contributed by atoms with Crippen molar-refractivity contribution in [3.05, 3.63) is 90.5 Å². The van der Waals surface area contributed by atoms with Crippen LogP contribution in [0.5, 0.6) is 11.5 Å². The maximum Gasteiger partial charge on any atom is 0.276 e. The number of hydrogen-bond donors (Lipinski definition) is 1. The van der Waals surface area contributed by atoms with Gasteiger partial charge in [-0.25, -0.2) is 4.68 Å². The van der Waals surface area contributed by atoms with Gasteiger partial charge in [0.15, 0.2) is 12.4 Å². The molecule has 0 radical (unpaired) electrons. The predicted molar refractivity (Wildman–Crippen MR) is 112 cm³/mol. The van der Waals surface area contributed by atoms with Crippen LogP contribution in [0.15, 0.2) is 79.3 Å². The summed E-state index contributed by atoms with van der Waals surface area (Å²) >= 11 is 0. The van der Waals surface area contributed by atoms with Crippen LogP contribution in [0, 0.1) is 0 Å². The van der Waals surface area contributed by atoms with Crippen molar-refractivity contribution in [3.8, 4) is 11.5 Å². The van der Waals surface area contributed by atoms with Crippen LogP contribution in [0.3, 0.4) is 0 Å². The van der Waals surface area contributed by atoms with Crippen LogP contribution >= 0.6 is 0 Å². The topological polar surface area (TPSA) is 83.2 Å². The summed E-state index contributed by atoms with van der Waals surface area (Å²) in [4.78, 5) is 12.5. The Kier molecular flexibility index (Phi) is 5.75. The number of anilines is 1. The zero-order chi connectivity index (χ0) is 20.8. The zero-order valence-electron chi connectivity index (χ0n) is 16.4. The minimum absolute atomic E-state index is 0.218. The molecule has 0 spiro atoms. The van der Waals surface area contributed by atoms with E-state index >= 15 is 0 Å². The van der Waals surface area contributed by atoms with E-state index in [0.717, 1.165) is 17.1 Å². The highest BCUT2D eigenvalue weighted by Gasteiger charge is 2.11. The molecule has 0 saturated carbocycles. The van der Waals surface area contributed by atoms with E-state index in [0.29, 0.717) is 17.9 Å². The summed E-state index contributed by atoms with van der Waals surface area (Å²) in [6, 6.07) is 18.8. The van der Waals surface area contributed by atoms with Crippen molar-refractivity contribution in [2.24, 2.45) is 0 Å². The van der Waals surface area contributed by atoms with Crippen molar-refractivity contribution < 1.29 is 14.3 Å². The summed E-state index contributed by atoms with van der Waals surface area (Å²) in [5, 5.41) is 11.4. The third-order valence-electron chi connectivity index (χ3n) is 4.35. The number of carbonyl (C=O) groups is 1. The van der Waals surface area contributed by atoms with E-state index in [1.165, 1.54) is 0 Å². The Morgan fingerprint density at radius 3 is 2.70 bits per heavy atom. The summed E-state index contributed by atoms with van der Waals surface area (Å²) < 4.78 is 14.2. The van der Waals surface area contributed by atoms with Gasteiger partial charge in [0.25, 0.3) is 5.91 Å². The second-order valence-corrected chi connectivity index (χ2v) is 6.56. The lowest BCUT2D eigenvalue weighted by molar-refractivity contribution is 0.102. The number of nitrogens with one attached hydrogen (secondary N) is 1. The summed E-state index contributed by atoms with van der Waals surface area (Å²) in [5.41, 5.74) is 1.94. The molecule has 1 N–H and O–H groups in total. The highest BCUT2D eigenvalue weighted by Crippen LogP contribution is 2.15. The zero-order valence-corrected chi connectivity index (χ0v) is 16.4. The highest BCUT2D eigenvalue weighted by molar-refractivity contribution is 6.02. The molecule has 30 heavy (non-hydrogen) atoms. The molecule has 0 saturated heterocycles. The first-order valence-corrected chi connectivity index (χ1v) is 9.37. The van der Waals surface area contributed by atoms with Crippen LogP contribution in [0.4, 0.5) is 5.69 Å². The second-order valence-electron chi connectivity index (χ2n) is 6.56. The van der Waals surface area contributed by atoms with Crippen LogP contribution in [0.25, 0.3) is 0 Å². The molecule has 2 heterocycles. The molecule has 0 fully saturated rings. The Labute approximate surface area is 173 Å². The average molecular weight is 403 g/mol. The van der Waals surface area contributed by atoms with E-state index < -0.39 is 0 Å². The first-order valence-electron chi connectivity index (χ1n) is 9.37. The van der Waals surface area contributed by atoms with Gasteiger partial charge < -0.3 is 14.8 Å². The lowest BCUT2D eigenvalue weighted by Gasteiger charge is -2.05. The minimum Gasteiger partial charge on any atom is -0.497 e. The number of rotatable bonds is 8. The Balaban J connectivity index is 1.33. The number of aromatic nitrogens is 4.